The van der Waals surface area contributed by atoms with Crippen LogP contribution in [0.5, 0.6) is 0 Å². The second-order valence-corrected chi connectivity index (χ2v) is 3.02. The van der Waals surface area contributed by atoms with Crippen LogP contribution >= 0.6 is 0 Å². The largest absolute Gasteiger partial charge is 0.388 e. The molecule has 1 aromatic heterocycles. The van der Waals surface area contributed by atoms with Crippen LogP contribution < -0.4 is 5.73 Å². The molecule has 1 saturated carbocycles. The Balaban J connectivity index is 2.20. The molecule has 0 bridgehead atoms. The molecule has 4 nitrogen and oxygen atoms in total. The molecule has 0 amide bonds. The third-order valence-corrected chi connectivity index (χ3v) is 2.09. The number of nitrogens with zero attached hydrogens (tertiary/aromatic N) is 1. The molecule has 1 aliphatic carbocycles. The van der Waals surface area contributed by atoms with Crippen molar-refractivity contribution in [2.45, 2.75) is 18.9 Å². The van der Waals surface area contributed by atoms with Gasteiger partial charge in [-0.1, -0.05) is 0 Å². The SMILES string of the molecule is Nc1[nH]ncc1C(O)C1CC1. The molecule has 2 rings (SSSR count). The third kappa shape index (κ3) is 1.09. The summed E-state index contributed by atoms with van der Waals surface area (Å²) < 4.78 is 0. The van der Waals surface area contributed by atoms with Gasteiger partial charge in [-0.3, -0.25) is 5.10 Å². The lowest BCUT2D eigenvalue weighted by Gasteiger charge is -2.05. The fourth-order valence-electron chi connectivity index (χ4n) is 1.21. The van der Waals surface area contributed by atoms with Crippen molar-refractivity contribution in [3.8, 4) is 0 Å². The van der Waals surface area contributed by atoms with Gasteiger partial charge in [0.05, 0.1) is 12.3 Å². The number of hydrogen-bond acceptors (Lipinski definition) is 3. The van der Waals surface area contributed by atoms with Crippen LogP contribution in [0.2, 0.25) is 0 Å². The number of nitrogens with one attached hydrogen (secondary N) is 1. The maximum atomic E-state index is 9.59. The Kier molecular flexibility index (Phi) is 1.35. The lowest BCUT2D eigenvalue weighted by molar-refractivity contribution is 0.154. The summed E-state index contributed by atoms with van der Waals surface area (Å²) in [5, 5.41) is 15.9. The molecule has 1 atom stereocenters. The van der Waals surface area contributed by atoms with Crippen molar-refractivity contribution in [3.05, 3.63) is 11.8 Å². The van der Waals surface area contributed by atoms with Crippen molar-refractivity contribution in [1.29, 1.82) is 0 Å². The molecular formula is C7H11N3O. The van der Waals surface area contributed by atoms with Gasteiger partial charge in [-0.15, -0.1) is 0 Å². The first-order valence-electron chi connectivity index (χ1n) is 3.76. The highest BCUT2D eigenvalue weighted by Crippen LogP contribution is 2.41. The Morgan fingerprint density at radius 1 is 1.73 bits per heavy atom. The van der Waals surface area contributed by atoms with Crippen molar-refractivity contribution in [2.24, 2.45) is 5.92 Å². The number of hydrogen-bond donors (Lipinski definition) is 3. The van der Waals surface area contributed by atoms with E-state index in [1.807, 2.05) is 0 Å². The number of rotatable bonds is 2. The number of nitrogen functional groups attached to an aromatic ring is 1. The summed E-state index contributed by atoms with van der Waals surface area (Å²) >= 11 is 0. The Labute approximate surface area is 64.4 Å². The lowest BCUT2D eigenvalue weighted by atomic mass is 10.1. The third-order valence-electron chi connectivity index (χ3n) is 2.09. The first-order valence-corrected chi connectivity index (χ1v) is 3.76. The van der Waals surface area contributed by atoms with Crippen molar-refractivity contribution in [1.82, 2.24) is 10.2 Å². The van der Waals surface area contributed by atoms with Crippen LogP contribution in [-0.4, -0.2) is 15.3 Å². The zero-order chi connectivity index (χ0) is 7.84. The molecule has 1 aromatic rings. The summed E-state index contributed by atoms with van der Waals surface area (Å²) in [5.74, 6) is 0.902. The Morgan fingerprint density at radius 3 is 2.91 bits per heavy atom. The Bertz CT molecular complexity index is 254. The average molecular weight is 153 g/mol. The summed E-state index contributed by atoms with van der Waals surface area (Å²) in [6, 6.07) is 0. The van der Waals surface area contributed by atoms with E-state index in [0.717, 1.165) is 18.4 Å². The minimum atomic E-state index is -0.409. The molecule has 1 aliphatic rings. The Hall–Kier alpha value is -1.03. The molecule has 4 N–H and O–H groups in total. The van der Waals surface area contributed by atoms with Gasteiger partial charge in [0, 0.05) is 5.56 Å². The van der Waals surface area contributed by atoms with Gasteiger partial charge < -0.3 is 10.8 Å². The van der Waals surface area contributed by atoms with Gasteiger partial charge in [0.1, 0.15) is 5.82 Å². The van der Waals surface area contributed by atoms with E-state index in [1.165, 1.54) is 0 Å². The number of aromatic nitrogens is 2. The van der Waals surface area contributed by atoms with Gasteiger partial charge in [0.2, 0.25) is 0 Å². The van der Waals surface area contributed by atoms with E-state index in [2.05, 4.69) is 10.2 Å². The molecule has 0 spiro atoms. The summed E-state index contributed by atoms with van der Waals surface area (Å²) in [4.78, 5) is 0. The summed E-state index contributed by atoms with van der Waals surface area (Å²) in [6.45, 7) is 0. The first kappa shape index (κ1) is 6.67. The van der Waals surface area contributed by atoms with Crippen LogP contribution in [0.25, 0.3) is 0 Å². The van der Waals surface area contributed by atoms with Gasteiger partial charge in [-0.05, 0) is 18.8 Å². The van der Waals surface area contributed by atoms with Crippen LogP contribution in [0.4, 0.5) is 5.82 Å². The van der Waals surface area contributed by atoms with Crippen molar-refractivity contribution in [2.75, 3.05) is 5.73 Å². The van der Waals surface area contributed by atoms with Crippen LogP contribution in [0.3, 0.4) is 0 Å². The van der Waals surface area contributed by atoms with Crippen LogP contribution in [0, 0.1) is 5.92 Å². The molecule has 1 heterocycles. The fraction of sp³-hybridized carbons (Fsp3) is 0.571. The summed E-state index contributed by atoms with van der Waals surface area (Å²) in [6.07, 6.45) is 3.39. The summed E-state index contributed by atoms with van der Waals surface area (Å²) in [7, 11) is 0. The first-order chi connectivity index (χ1) is 5.29. The van der Waals surface area contributed by atoms with Crippen LogP contribution in [-0.2, 0) is 0 Å². The van der Waals surface area contributed by atoms with E-state index >= 15 is 0 Å². The zero-order valence-electron chi connectivity index (χ0n) is 6.12. The minimum absolute atomic E-state index is 0.409. The molecule has 1 unspecified atom stereocenters. The smallest absolute Gasteiger partial charge is 0.124 e. The highest BCUT2D eigenvalue weighted by Gasteiger charge is 2.32. The molecule has 60 valence electrons. The van der Waals surface area contributed by atoms with Crippen LogP contribution in [0.1, 0.15) is 24.5 Å². The number of anilines is 1. The molecule has 0 aromatic carbocycles. The van der Waals surface area contributed by atoms with Gasteiger partial charge in [-0.2, -0.15) is 5.10 Å². The van der Waals surface area contributed by atoms with E-state index in [-0.39, 0.29) is 0 Å². The number of H-pyrrole nitrogens is 1. The van der Waals surface area contributed by atoms with Crippen LogP contribution in [0.15, 0.2) is 6.20 Å². The number of aliphatic hydroxyl groups excluding tert-OH is 1. The number of aliphatic hydroxyl groups is 1. The van der Waals surface area contributed by atoms with E-state index in [1.54, 1.807) is 6.20 Å². The van der Waals surface area contributed by atoms with Gasteiger partial charge in [-0.25, -0.2) is 0 Å². The van der Waals surface area contributed by atoms with E-state index in [0.29, 0.717) is 11.7 Å². The molecule has 0 saturated heterocycles. The van der Waals surface area contributed by atoms with Crippen molar-refractivity contribution in [3.63, 3.8) is 0 Å². The maximum absolute atomic E-state index is 9.59. The van der Waals surface area contributed by atoms with Gasteiger partial charge in [0.15, 0.2) is 0 Å². The molecule has 11 heavy (non-hydrogen) atoms. The minimum Gasteiger partial charge on any atom is -0.388 e. The van der Waals surface area contributed by atoms with Gasteiger partial charge in [0.25, 0.3) is 0 Å². The monoisotopic (exact) mass is 153 g/mol. The predicted molar refractivity (Wildman–Crippen MR) is 40.7 cm³/mol. The van der Waals surface area contributed by atoms with Crippen molar-refractivity contribution < 1.29 is 5.11 Å². The highest BCUT2D eigenvalue weighted by molar-refractivity contribution is 5.39. The Morgan fingerprint density at radius 2 is 2.45 bits per heavy atom. The molecule has 1 fully saturated rings. The van der Waals surface area contributed by atoms with Gasteiger partial charge >= 0.3 is 0 Å². The average Bonchev–Trinajstić information content (AvgIpc) is 2.74. The quantitative estimate of drug-likeness (QED) is 0.577. The molecular weight excluding hydrogens is 142 g/mol. The highest BCUT2D eigenvalue weighted by atomic mass is 16.3. The standard InChI is InChI=1S/C7H11N3O/c8-7-5(3-9-10-7)6(11)4-1-2-4/h3-4,6,11H,1-2H2,(H3,8,9,10). The summed E-state index contributed by atoms with van der Waals surface area (Å²) in [5.41, 5.74) is 6.27. The second-order valence-electron chi connectivity index (χ2n) is 3.02. The fourth-order valence-corrected chi connectivity index (χ4v) is 1.21. The van der Waals surface area contributed by atoms with E-state index < -0.39 is 6.10 Å². The second kappa shape index (κ2) is 2.23. The number of nitrogens with two attached hydrogens (primary N) is 1. The molecule has 4 heteroatoms. The maximum Gasteiger partial charge on any atom is 0.124 e. The molecule has 0 aliphatic heterocycles. The van der Waals surface area contributed by atoms with Crippen molar-refractivity contribution >= 4 is 5.82 Å². The zero-order valence-corrected chi connectivity index (χ0v) is 6.12. The molecule has 0 radical (unpaired) electrons. The van der Waals surface area contributed by atoms with E-state index in [9.17, 15) is 5.11 Å². The van der Waals surface area contributed by atoms with E-state index in [4.69, 9.17) is 5.73 Å². The normalized spacial score (nSPS) is 20.1. The lowest BCUT2D eigenvalue weighted by Crippen LogP contribution is -2.01. The predicted octanol–water partition coefficient (Wildman–Crippen LogP) is 0.435. The topological polar surface area (TPSA) is 74.9 Å². The number of aromatic amines is 1.